The fourth-order valence-electron chi connectivity index (χ4n) is 2.94. The number of amides is 2. The number of carbonyl (C=O) groups excluding carboxylic acids is 2. The molecule has 5 nitrogen and oxygen atoms in total. The van der Waals surface area contributed by atoms with Crippen molar-refractivity contribution in [2.75, 3.05) is 23.3 Å². The molecule has 0 radical (unpaired) electrons. The quantitative estimate of drug-likeness (QED) is 0.889. The SMILES string of the molecule is C[C@H]1C[C@@H]1C(=O)Nc1cc(C(N)=O)ccc1N1CCCC1. The second kappa shape index (κ2) is 5.39. The van der Waals surface area contributed by atoms with Crippen LogP contribution in [-0.2, 0) is 4.79 Å². The number of nitrogens with two attached hydrogens (primary N) is 1. The molecule has 1 aromatic carbocycles. The fraction of sp³-hybridized carbons (Fsp3) is 0.500. The van der Waals surface area contributed by atoms with E-state index in [-0.39, 0.29) is 11.8 Å². The van der Waals surface area contributed by atoms with Crippen LogP contribution in [0, 0.1) is 11.8 Å². The molecule has 2 atom stereocenters. The first-order valence-electron chi connectivity index (χ1n) is 7.56. The lowest BCUT2D eigenvalue weighted by atomic mass is 10.1. The molecule has 3 N–H and O–H groups in total. The standard InChI is InChI=1S/C16H21N3O2/c1-10-8-12(10)16(21)18-13-9-11(15(17)20)4-5-14(13)19-6-2-3-7-19/h4-5,9-10,12H,2-3,6-8H2,1H3,(H2,17,20)(H,18,21)/t10-,12-/m0/s1. The third-order valence-electron chi connectivity index (χ3n) is 4.43. The molecule has 21 heavy (non-hydrogen) atoms. The highest BCUT2D eigenvalue weighted by Gasteiger charge is 2.39. The molecule has 1 heterocycles. The molecule has 112 valence electrons. The molecular formula is C16H21N3O2. The van der Waals surface area contributed by atoms with Crippen molar-refractivity contribution in [3.63, 3.8) is 0 Å². The molecule has 0 aromatic heterocycles. The van der Waals surface area contributed by atoms with E-state index in [1.54, 1.807) is 12.1 Å². The number of carbonyl (C=O) groups is 2. The van der Waals surface area contributed by atoms with Crippen LogP contribution in [0.5, 0.6) is 0 Å². The molecule has 0 spiro atoms. The summed E-state index contributed by atoms with van der Waals surface area (Å²) in [5.41, 5.74) is 7.46. The molecule has 1 saturated carbocycles. The molecule has 0 unspecified atom stereocenters. The molecule has 1 saturated heterocycles. The summed E-state index contributed by atoms with van der Waals surface area (Å²) in [5.74, 6) is 0.135. The minimum absolute atomic E-state index is 0.0459. The Labute approximate surface area is 124 Å². The molecule has 1 aliphatic heterocycles. The fourth-order valence-corrected chi connectivity index (χ4v) is 2.94. The van der Waals surface area contributed by atoms with Crippen molar-refractivity contribution in [3.05, 3.63) is 23.8 Å². The molecule has 3 rings (SSSR count). The molecule has 2 aliphatic rings. The summed E-state index contributed by atoms with van der Waals surface area (Å²) in [6.07, 6.45) is 3.26. The monoisotopic (exact) mass is 287 g/mol. The number of anilines is 2. The topological polar surface area (TPSA) is 75.4 Å². The highest BCUT2D eigenvalue weighted by atomic mass is 16.2. The van der Waals surface area contributed by atoms with Crippen molar-refractivity contribution in [1.29, 1.82) is 0 Å². The smallest absolute Gasteiger partial charge is 0.248 e. The van der Waals surface area contributed by atoms with Crippen LogP contribution in [0.4, 0.5) is 11.4 Å². The third-order valence-corrected chi connectivity index (χ3v) is 4.43. The van der Waals surface area contributed by atoms with Gasteiger partial charge in [-0.25, -0.2) is 0 Å². The van der Waals surface area contributed by atoms with Crippen molar-refractivity contribution < 1.29 is 9.59 Å². The van der Waals surface area contributed by atoms with Crippen LogP contribution in [0.3, 0.4) is 0 Å². The van der Waals surface area contributed by atoms with Gasteiger partial charge >= 0.3 is 0 Å². The minimum atomic E-state index is -0.474. The van der Waals surface area contributed by atoms with Crippen molar-refractivity contribution in [3.8, 4) is 0 Å². The Hall–Kier alpha value is -2.04. The maximum Gasteiger partial charge on any atom is 0.248 e. The van der Waals surface area contributed by atoms with Gasteiger partial charge in [0.25, 0.3) is 0 Å². The largest absolute Gasteiger partial charge is 0.370 e. The highest BCUT2D eigenvalue weighted by Crippen LogP contribution is 2.39. The van der Waals surface area contributed by atoms with E-state index in [2.05, 4.69) is 17.1 Å². The molecule has 1 aromatic rings. The summed E-state index contributed by atoms with van der Waals surface area (Å²) < 4.78 is 0. The number of primary amides is 1. The van der Waals surface area contributed by atoms with Crippen molar-refractivity contribution >= 4 is 23.2 Å². The van der Waals surface area contributed by atoms with Gasteiger partial charge in [0.15, 0.2) is 0 Å². The predicted molar refractivity (Wildman–Crippen MR) is 82.3 cm³/mol. The number of hydrogen-bond acceptors (Lipinski definition) is 3. The van der Waals surface area contributed by atoms with E-state index < -0.39 is 5.91 Å². The van der Waals surface area contributed by atoms with Crippen molar-refractivity contribution in [1.82, 2.24) is 0 Å². The average Bonchev–Trinajstić information content (AvgIpc) is 2.97. The Bertz CT molecular complexity index is 579. The zero-order valence-corrected chi connectivity index (χ0v) is 12.3. The molecule has 2 fully saturated rings. The van der Waals surface area contributed by atoms with Gasteiger partial charge < -0.3 is 16.0 Å². The lowest BCUT2D eigenvalue weighted by Gasteiger charge is -2.22. The number of nitrogens with one attached hydrogen (secondary N) is 1. The van der Waals surface area contributed by atoms with Gasteiger partial charge in [0, 0.05) is 24.6 Å². The summed E-state index contributed by atoms with van der Waals surface area (Å²) in [6, 6.07) is 5.31. The summed E-state index contributed by atoms with van der Waals surface area (Å²) in [4.78, 5) is 25.8. The molecule has 2 amide bonds. The summed E-state index contributed by atoms with van der Waals surface area (Å²) >= 11 is 0. The zero-order chi connectivity index (χ0) is 15.0. The van der Waals surface area contributed by atoms with Gasteiger partial charge in [0.1, 0.15) is 0 Å². The second-order valence-corrected chi connectivity index (χ2v) is 6.10. The van der Waals surface area contributed by atoms with Crippen LogP contribution in [-0.4, -0.2) is 24.9 Å². The zero-order valence-electron chi connectivity index (χ0n) is 12.3. The lowest BCUT2D eigenvalue weighted by molar-refractivity contribution is -0.117. The first-order valence-corrected chi connectivity index (χ1v) is 7.56. The van der Waals surface area contributed by atoms with Crippen LogP contribution >= 0.6 is 0 Å². The highest BCUT2D eigenvalue weighted by molar-refractivity contribution is 6.00. The van der Waals surface area contributed by atoms with E-state index in [0.29, 0.717) is 17.2 Å². The van der Waals surface area contributed by atoms with Gasteiger partial charge in [-0.05, 0) is 43.4 Å². The van der Waals surface area contributed by atoms with Gasteiger partial charge in [-0.3, -0.25) is 9.59 Å². The maximum absolute atomic E-state index is 12.2. The Morgan fingerprint density at radius 1 is 1.29 bits per heavy atom. The van der Waals surface area contributed by atoms with Crippen molar-refractivity contribution in [2.45, 2.75) is 26.2 Å². The average molecular weight is 287 g/mol. The molecular weight excluding hydrogens is 266 g/mol. The van der Waals surface area contributed by atoms with E-state index >= 15 is 0 Å². The van der Waals surface area contributed by atoms with Gasteiger partial charge in [-0.15, -0.1) is 0 Å². The molecule has 0 bridgehead atoms. The van der Waals surface area contributed by atoms with Crippen LogP contribution in [0.15, 0.2) is 18.2 Å². The van der Waals surface area contributed by atoms with Crippen LogP contribution in [0.2, 0.25) is 0 Å². The summed E-state index contributed by atoms with van der Waals surface area (Å²) in [5, 5.41) is 2.99. The van der Waals surface area contributed by atoms with E-state index in [0.717, 1.165) is 38.0 Å². The second-order valence-electron chi connectivity index (χ2n) is 6.10. The van der Waals surface area contributed by atoms with Gasteiger partial charge in [-0.1, -0.05) is 6.92 Å². The van der Waals surface area contributed by atoms with Gasteiger partial charge in [0.2, 0.25) is 11.8 Å². The third kappa shape index (κ3) is 2.86. The first kappa shape index (κ1) is 13.9. The molecule has 5 heteroatoms. The van der Waals surface area contributed by atoms with Crippen LogP contribution in [0.1, 0.15) is 36.5 Å². The van der Waals surface area contributed by atoms with E-state index in [9.17, 15) is 9.59 Å². The number of nitrogens with zero attached hydrogens (tertiary/aromatic N) is 1. The van der Waals surface area contributed by atoms with Gasteiger partial charge in [0.05, 0.1) is 11.4 Å². The number of hydrogen-bond donors (Lipinski definition) is 2. The minimum Gasteiger partial charge on any atom is -0.370 e. The van der Waals surface area contributed by atoms with Crippen LogP contribution < -0.4 is 16.0 Å². The van der Waals surface area contributed by atoms with E-state index in [4.69, 9.17) is 5.73 Å². The lowest BCUT2D eigenvalue weighted by Crippen LogP contribution is -2.23. The maximum atomic E-state index is 12.2. The van der Waals surface area contributed by atoms with E-state index in [1.165, 1.54) is 0 Å². The normalized spacial score (nSPS) is 24.0. The Morgan fingerprint density at radius 3 is 2.52 bits per heavy atom. The summed E-state index contributed by atoms with van der Waals surface area (Å²) in [6.45, 7) is 4.04. The van der Waals surface area contributed by atoms with Crippen LogP contribution in [0.25, 0.3) is 0 Å². The number of rotatable bonds is 4. The first-order chi connectivity index (χ1) is 10.1. The van der Waals surface area contributed by atoms with E-state index in [1.807, 2.05) is 6.07 Å². The predicted octanol–water partition coefficient (Wildman–Crippen LogP) is 1.98. The van der Waals surface area contributed by atoms with Crippen molar-refractivity contribution in [2.24, 2.45) is 17.6 Å². The number of benzene rings is 1. The Kier molecular flexibility index (Phi) is 3.57. The Morgan fingerprint density at radius 2 is 1.95 bits per heavy atom. The van der Waals surface area contributed by atoms with Gasteiger partial charge in [-0.2, -0.15) is 0 Å². The Balaban J connectivity index is 1.87. The molecule has 1 aliphatic carbocycles. The summed E-state index contributed by atoms with van der Waals surface area (Å²) in [7, 11) is 0.